The SMILES string of the molecule is Cc1cc(-n2[nH]c(-c3ccc([N+](=O)[O-])cc3)c(N=Nc3ccc(S(=O)(=O)O)cc3)c2=O)n2ncc(-c3ccc(Cl)cc3)c2n1. The van der Waals surface area contributed by atoms with Crippen LogP contribution in [-0.2, 0) is 10.1 Å². The predicted octanol–water partition coefficient (Wildman–Crippen LogP) is 6.07. The van der Waals surface area contributed by atoms with Crippen molar-refractivity contribution in [1.82, 2.24) is 24.4 Å². The van der Waals surface area contributed by atoms with Gasteiger partial charge in [0.15, 0.2) is 17.2 Å². The van der Waals surface area contributed by atoms with Gasteiger partial charge in [0, 0.05) is 40.0 Å². The average Bonchev–Trinajstić information content (AvgIpc) is 3.56. The summed E-state index contributed by atoms with van der Waals surface area (Å²) in [6, 6.07) is 19.2. The Morgan fingerprint density at radius 3 is 2.27 bits per heavy atom. The first-order chi connectivity index (χ1) is 21.0. The zero-order valence-corrected chi connectivity index (χ0v) is 24.1. The van der Waals surface area contributed by atoms with E-state index in [-0.39, 0.29) is 27.7 Å². The summed E-state index contributed by atoms with van der Waals surface area (Å²) < 4.78 is 34.7. The number of H-pyrrole nitrogens is 1. The Morgan fingerprint density at radius 1 is 0.977 bits per heavy atom. The van der Waals surface area contributed by atoms with Crippen molar-refractivity contribution in [2.45, 2.75) is 11.8 Å². The standard InChI is InChI=1S/C28H19ClN8O6S/c1-16-14-24(35-27(31-16)23(15-30-35)17-2-6-19(29)7-3-17)36-28(38)26(25(34-36)18-4-10-21(11-5-18)37(39)40)33-32-20-8-12-22(13-9-20)44(41,42)43/h2-15,34H,1H3,(H,41,42,43). The van der Waals surface area contributed by atoms with Gasteiger partial charge in [-0.1, -0.05) is 23.7 Å². The minimum Gasteiger partial charge on any atom is -0.287 e. The molecule has 3 aromatic carbocycles. The highest BCUT2D eigenvalue weighted by atomic mass is 35.5. The van der Waals surface area contributed by atoms with Crippen molar-refractivity contribution in [3.63, 3.8) is 0 Å². The van der Waals surface area contributed by atoms with E-state index in [0.717, 1.165) is 17.7 Å². The van der Waals surface area contributed by atoms with Gasteiger partial charge in [0.1, 0.15) is 0 Å². The Balaban J connectivity index is 1.51. The molecule has 6 aromatic rings. The first-order valence-electron chi connectivity index (χ1n) is 12.7. The van der Waals surface area contributed by atoms with E-state index in [1.165, 1.54) is 45.6 Å². The van der Waals surface area contributed by atoms with Crippen molar-refractivity contribution in [3.05, 3.63) is 116 Å². The summed E-state index contributed by atoms with van der Waals surface area (Å²) in [5, 5.41) is 27.6. The number of nitrogens with one attached hydrogen (secondary N) is 1. The number of aromatic nitrogens is 5. The number of rotatable bonds is 7. The lowest BCUT2D eigenvalue weighted by atomic mass is 10.1. The molecule has 220 valence electrons. The molecular weight excluding hydrogens is 612 g/mol. The summed E-state index contributed by atoms with van der Waals surface area (Å²) in [4.78, 5) is 28.9. The zero-order valence-electron chi connectivity index (χ0n) is 22.5. The van der Waals surface area contributed by atoms with Crippen LogP contribution in [-0.4, -0.2) is 42.3 Å². The van der Waals surface area contributed by atoms with E-state index in [1.54, 1.807) is 31.3 Å². The summed E-state index contributed by atoms with van der Waals surface area (Å²) in [6.45, 7) is 1.77. The number of aryl methyl sites for hydroxylation is 1. The molecule has 0 bridgehead atoms. The molecule has 14 nitrogen and oxygen atoms in total. The molecule has 0 radical (unpaired) electrons. The van der Waals surface area contributed by atoms with Crippen molar-refractivity contribution in [1.29, 1.82) is 0 Å². The fraction of sp³-hybridized carbons (Fsp3) is 0.0357. The van der Waals surface area contributed by atoms with Crippen LogP contribution in [0.5, 0.6) is 0 Å². The monoisotopic (exact) mass is 630 g/mol. The molecule has 0 aliphatic carbocycles. The normalized spacial score (nSPS) is 11.9. The van der Waals surface area contributed by atoms with E-state index in [4.69, 9.17) is 11.6 Å². The zero-order chi connectivity index (χ0) is 31.2. The number of nitro groups is 1. The third-order valence-corrected chi connectivity index (χ3v) is 7.72. The van der Waals surface area contributed by atoms with Crippen molar-refractivity contribution >= 4 is 44.4 Å². The fourth-order valence-electron chi connectivity index (χ4n) is 4.48. The lowest BCUT2D eigenvalue weighted by Crippen LogP contribution is -2.18. The second-order valence-electron chi connectivity index (χ2n) is 9.51. The number of nitrogens with zero attached hydrogens (tertiary/aromatic N) is 7. The van der Waals surface area contributed by atoms with Crippen LogP contribution in [0.3, 0.4) is 0 Å². The van der Waals surface area contributed by atoms with Gasteiger partial charge in [-0.15, -0.1) is 5.11 Å². The minimum absolute atomic E-state index is 0.134. The van der Waals surface area contributed by atoms with Gasteiger partial charge in [-0.2, -0.15) is 27.8 Å². The first kappa shape index (κ1) is 28.6. The number of aromatic amines is 1. The fourth-order valence-corrected chi connectivity index (χ4v) is 5.09. The summed E-state index contributed by atoms with van der Waals surface area (Å²) in [6.07, 6.45) is 1.62. The molecule has 0 unspecified atom stereocenters. The maximum Gasteiger partial charge on any atom is 0.301 e. The third kappa shape index (κ3) is 5.37. The molecule has 0 atom stereocenters. The van der Waals surface area contributed by atoms with E-state index in [1.807, 2.05) is 12.1 Å². The number of benzene rings is 3. The van der Waals surface area contributed by atoms with Gasteiger partial charge in [0.25, 0.3) is 15.8 Å². The molecule has 0 aliphatic rings. The van der Waals surface area contributed by atoms with E-state index in [0.29, 0.717) is 33.3 Å². The molecule has 0 saturated heterocycles. The van der Waals surface area contributed by atoms with E-state index >= 15 is 0 Å². The van der Waals surface area contributed by atoms with Gasteiger partial charge in [-0.25, -0.2) is 4.98 Å². The lowest BCUT2D eigenvalue weighted by Gasteiger charge is -2.07. The number of hydrogen-bond acceptors (Lipinski definition) is 9. The van der Waals surface area contributed by atoms with Crippen LogP contribution in [0.4, 0.5) is 17.1 Å². The number of hydrogen-bond donors (Lipinski definition) is 2. The van der Waals surface area contributed by atoms with Crippen LogP contribution in [0.25, 0.3) is 33.8 Å². The number of fused-ring (bicyclic) bond motifs is 1. The van der Waals surface area contributed by atoms with E-state index in [2.05, 4.69) is 25.4 Å². The average molecular weight is 631 g/mol. The van der Waals surface area contributed by atoms with Crippen LogP contribution >= 0.6 is 11.6 Å². The molecule has 3 heterocycles. The summed E-state index contributed by atoms with van der Waals surface area (Å²) in [5.41, 5.74) is 2.49. The van der Waals surface area contributed by atoms with Crippen LogP contribution in [0.15, 0.2) is 105 Å². The third-order valence-electron chi connectivity index (χ3n) is 6.60. The van der Waals surface area contributed by atoms with Crippen molar-refractivity contribution in [2.24, 2.45) is 10.2 Å². The number of azo groups is 1. The van der Waals surface area contributed by atoms with Crippen molar-refractivity contribution < 1.29 is 17.9 Å². The number of halogens is 1. The topological polar surface area (TPSA) is 190 Å². The number of nitro benzene ring substituents is 1. The van der Waals surface area contributed by atoms with Gasteiger partial charge >= 0.3 is 5.56 Å². The van der Waals surface area contributed by atoms with Gasteiger partial charge in [-0.05, 0) is 61.0 Å². The molecule has 0 fully saturated rings. The summed E-state index contributed by atoms with van der Waals surface area (Å²) in [5.74, 6) is 0.305. The maximum atomic E-state index is 13.9. The van der Waals surface area contributed by atoms with Crippen LogP contribution < -0.4 is 5.56 Å². The maximum absolute atomic E-state index is 13.9. The number of non-ortho nitro benzene ring substituents is 1. The molecule has 3 aromatic heterocycles. The van der Waals surface area contributed by atoms with Crippen LogP contribution in [0.1, 0.15) is 5.69 Å². The van der Waals surface area contributed by atoms with Crippen molar-refractivity contribution in [3.8, 4) is 28.2 Å². The second-order valence-corrected chi connectivity index (χ2v) is 11.4. The Labute approximate surface area is 252 Å². The van der Waals surface area contributed by atoms with Gasteiger partial charge in [0.05, 0.1) is 27.4 Å². The molecular formula is C28H19ClN8O6S. The molecule has 0 spiro atoms. The quantitative estimate of drug-likeness (QED) is 0.0918. The summed E-state index contributed by atoms with van der Waals surface area (Å²) >= 11 is 6.06. The minimum atomic E-state index is -4.41. The Kier molecular flexibility index (Phi) is 7.12. The lowest BCUT2D eigenvalue weighted by molar-refractivity contribution is -0.384. The van der Waals surface area contributed by atoms with Gasteiger partial charge < -0.3 is 0 Å². The van der Waals surface area contributed by atoms with Crippen LogP contribution in [0, 0.1) is 17.0 Å². The molecule has 0 amide bonds. The Bertz CT molecular complexity index is 2260. The molecule has 16 heteroatoms. The van der Waals surface area contributed by atoms with Gasteiger partial charge in [-0.3, -0.25) is 24.6 Å². The Hall–Kier alpha value is -5.51. The summed E-state index contributed by atoms with van der Waals surface area (Å²) in [7, 11) is -4.41. The second kappa shape index (κ2) is 11.0. The highest BCUT2D eigenvalue weighted by Gasteiger charge is 2.21. The molecule has 0 saturated carbocycles. The van der Waals surface area contributed by atoms with Gasteiger partial charge in [0.2, 0.25) is 0 Å². The largest absolute Gasteiger partial charge is 0.301 e. The van der Waals surface area contributed by atoms with Crippen LogP contribution in [0.2, 0.25) is 5.02 Å². The predicted molar refractivity (Wildman–Crippen MR) is 161 cm³/mol. The van der Waals surface area contributed by atoms with E-state index in [9.17, 15) is 27.9 Å². The molecule has 44 heavy (non-hydrogen) atoms. The Morgan fingerprint density at radius 2 is 1.64 bits per heavy atom. The molecule has 6 rings (SSSR count). The smallest absolute Gasteiger partial charge is 0.287 e. The highest BCUT2D eigenvalue weighted by molar-refractivity contribution is 7.85. The highest BCUT2D eigenvalue weighted by Crippen LogP contribution is 2.31. The molecule has 0 aliphatic heterocycles. The van der Waals surface area contributed by atoms with Crippen molar-refractivity contribution in [2.75, 3.05) is 0 Å². The molecule has 2 N–H and O–H groups in total. The first-order valence-corrected chi connectivity index (χ1v) is 14.5. The van der Waals surface area contributed by atoms with E-state index < -0.39 is 20.6 Å².